The number of hydrogen-bond donors (Lipinski definition) is 0. The van der Waals surface area contributed by atoms with Gasteiger partial charge in [-0.15, -0.1) is 11.3 Å². The maximum atomic E-state index is 9.53. The number of allylic oxidation sites excluding steroid dienone is 1. The fraction of sp³-hybridized carbons (Fsp3) is 0. The van der Waals surface area contributed by atoms with Crippen LogP contribution < -0.4 is 0 Å². The molecule has 0 fully saturated rings. The number of rotatable bonds is 4. The van der Waals surface area contributed by atoms with Crippen molar-refractivity contribution < 1.29 is 4.42 Å². The lowest BCUT2D eigenvalue weighted by atomic mass is 10.1. The normalized spacial score (nSPS) is 11.4. The van der Waals surface area contributed by atoms with E-state index < -0.39 is 0 Å². The summed E-state index contributed by atoms with van der Waals surface area (Å²) in [6, 6.07) is 20.8. The van der Waals surface area contributed by atoms with Crippen molar-refractivity contribution in [2.75, 3.05) is 0 Å². The number of halogens is 2. The van der Waals surface area contributed by atoms with E-state index in [1.54, 1.807) is 18.2 Å². The highest BCUT2D eigenvalue weighted by Gasteiger charge is 2.14. The molecule has 0 radical (unpaired) electrons. The predicted molar refractivity (Wildman–Crippen MR) is 115 cm³/mol. The first kappa shape index (κ1) is 18.5. The second-order valence-electron chi connectivity index (χ2n) is 5.91. The van der Waals surface area contributed by atoms with Gasteiger partial charge in [-0.25, -0.2) is 4.98 Å². The van der Waals surface area contributed by atoms with E-state index in [4.69, 9.17) is 27.6 Å². The van der Waals surface area contributed by atoms with E-state index in [0.717, 1.165) is 11.1 Å². The van der Waals surface area contributed by atoms with Crippen molar-refractivity contribution in [2.45, 2.75) is 0 Å². The monoisotopic (exact) mass is 422 g/mol. The van der Waals surface area contributed by atoms with Crippen LogP contribution >= 0.6 is 34.5 Å². The summed E-state index contributed by atoms with van der Waals surface area (Å²) in [4.78, 5) is 4.57. The Bertz CT molecular complexity index is 1200. The number of furan rings is 1. The van der Waals surface area contributed by atoms with E-state index in [9.17, 15) is 5.26 Å². The third-order valence-corrected chi connectivity index (χ3v) is 5.46. The molecule has 0 N–H and O–H groups in total. The van der Waals surface area contributed by atoms with Crippen LogP contribution in [-0.2, 0) is 0 Å². The quantitative estimate of drug-likeness (QED) is 0.321. The number of thiazole rings is 1. The molecule has 0 atom stereocenters. The van der Waals surface area contributed by atoms with Gasteiger partial charge in [0.25, 0.3) is 0 Å². The Kier molecular flexibility index (Phi) is 5.31. The fourth-order valence-electron chi connectivity index (χ4n) is 2.68. The zero-order chi connectivity index (χ0) is 19.5. The number of benzene rings is 2. The first-order chi connectivity index (χ1) is 13.6. The smallest absolute Gasteiger partial charge is 0.154 e. The molecule has 0 aliphatic carbocycles. The Morgan fingerprint density at radius 2 is 1.82 bits per heavy atom. The summed E-state index contributed by atoms with van der Waals surface area (Å²) >= 11 is 13.7. The molecule has 6 heteroatoms. The van der Waals surface area contributed by atoms with Crippen molar-refractivity contribution in [3.63, 3.8) is 0 Å². The van der Waals surface area contributed by atoms with Gasteiger partial charge in [-0.2, -0.15) is 5.26 Å². The van der Waals surface area contributed by atoms with Crippen LogP contribution in [0, 0.1) is 11.3 Å². The summed E-state index contributed by atoms with van der Waals surface area (Å²) < 4.78 is 5.94. The van der Waals surface area contributed by atoms with Gasteiger partial charge in [-0.1, -0.05) is 53.5 Å². The first-order valence-electron chi connectivity index (χ1n) is 8.32. The molecule has 2 aromatic carbocycles. The Balaban J connectivity index is 1.65. The maximum absolute atomic E-state index is 9.53. The summed E-state index contributed by atoms with van der Waals surface area (Å²) in [5.41, 5.74) is 2.84. The molecular formula is C22H12Cl2N2OS. The van der Waals surface area contributed by atoms with Gasteiger partial charge in [0, 0.05) is 16.0 Å². The van der Waals surface area contributed by atoms with Crippen LogP contribution in [0.25, 0.3) is 34.4 Å². The molecule has 0 saturated heterocycles. The molecule has 0 aliphatic heterocycles. The molecule has 0 saturated carbocycles. The lowest BCUT2D eigenvalue weighted by Gasteiger charge is -2.01. The molecule has 3 nitrogen and oxygen atoms in total. The highest BCUT2D eigenvalue weighted by atomic mass is 35.5. The van der Waals surface area contributed by atoms with Crippen LogP contribution in [0.2, 0.25) is 10.0 Å². The van der Waals surface area contributed by atoms with Crippen LogP contribution in [0.5, 0.6) is 0 Å². The van der Waals surface area contributed by atoms with Gasteiger partial charge in [0.1, 0.15) is 22.5 Å². The molecule has 0 unspecified atom stereocenters. The SMILES string of the molecule is N#C/C(=C/c1ccccc1)c1nc(-c2ccc(-c3cc(Cl)ccc3Cl)o2)cs1. The minimum Gasteiger partial charge on any atom is -0.454 e. The van der Waals surface area contributed by atoms with Crippen molar-refractivity contribution in [3.8, 4) is 28.8 Å². The summed E-state index contributed by atoms with van der Waals surface area (Å²) in [6.07, 6.45) is 1.82. The van der Waals surface area contributed by atoms with Crippen LogP contribution in [-0.4, -0.2) is 4.98 Å². The average Bonchev–Trinajstić information content (AvgIpc) is 3.38. The summed E-state index contributed by atoms with van der Waals surface area (Å²) in [6.45, 7) is 0. The molecule has 2 heterocycles. The van der Waals surface area contributed by atoms with Gasteiger partial charge < -0.3 is 4.42 Å². The number of hydrogen-bond acceptors (Lipinski definition) is 4. The summed E-state index contributed by atoms with van der Waals surface area (Å²) in [7, 11) is 0. The van der Waals surface area contributed by atoms with Gasteiger partial charge in [0.05, 0.1) is 10.6 Å². The van der Waals surface area contributed by atoms with E-state index >= 15 is 0 Å². The van der Waals surface area contributed by atoms with E-state index in [2.05, 4.69) is 11.1 Å². The number of nitrogens with zero attached hydrogens (tertiary/aromatic N) is 2. The van der Waals surface area contributed by atoms with E-state index in [0.29, 0.717) is 37.8 Å². The second-order valence-corrected chi connectivity index (χ2v) is 7.61. The van der Waals surface area contributed by atoms with Gasteiger partial charge in [-0.05, 0) is 42.0 Å². The third kappa shape index (κ3) is 3.88. The van der Waals surface area contributed by atoms with Gasteiger partial charge >= 0.3 is 0 Å². The minimum atomic E-state index is 0.507. The first-order valence-corrected chi connectivity index (χ1v) is 9.96. The molecule has 0 bridgehead atoms. The Labute approximate surface area is 176 Å². The summed E-state index contributed by atoms with van der Waals surface area (Å²) in [5.74, 6) is 1.21. The molecule has 28 heavy (non-hydrogen) atoms. The Morgan fingerprint density at radius 1 is 1.04 bits per heavy atom. The van der Waals surface area contributed by atoms with E-state index in [-0.39, 0.29) is 0 Å². The topological polar surface area (TPSA) is 49.8 Å². The second kappa shape index (κ2) is 8.04. The zero-order valence-corrected chi connectivity index (χ0v) is 16.7. The van der Waals surface area contributed by atoms with Crippen molar-refractivity contribution in [1.82, 2.24) is 4.98 Å². The van der Waals surface area contributed by atoms with Crippen LogP contribution in [0.3, 0.4) is 0 Å². The predicted octanol–water partition coefficient (Wildman–Crippen LogP) is 7.44. The van der Waals surface area contributed by atoms with Crippen LogP contribution in [0.15, 0.2) is 70.5 Å². The Hall–Kier alpha value is -2.84. The molecule has 4 aromatic rings. The molecule has 0 aliphatic rings. The summed E-state index contributed by atoms with van der Waals surface area (Å²) in [5, 5.41) is 13.2. The molecule has 4 rings (SSSR count). The fourth-order valence-corrected chi connectivity index (χ4v) is 3.83. The van der Waals surface area contributed by atoms with E-state index in [1.807, 2.05) is 53.9 Å². The van der Waals surface area contributed by atoms with Crippen molar-refractivity contribution in [2.24, 2.45) is 0 Å². The molecular weight excluding hydrogens is 411 g/mol. The van der Waals surface area contributed by atoms with Gasteiger partial charge in [0.2, 0.25) is 0 Å². The third-order valence-electron chi connectivity index (χ3n) is 4.02. The number of aromatic nitrogens is 1. The van der Waals surface area contributed by atoms with E-state index in [1.165, 1.54) is 11.3 Å². The van der Waals surface area contributed by atoms with Crippen LogP contribution in [0.4, 0.5) is 0 Å². The Morgan fingerprint density at radius 3 is 2.61 bits per heavy atom. The average molecular weight is 423 g/mol. The molecule has 0 spiro atoms. The van der Waals surface area contributed by atoms with Gasteiger partial charge in [0.15, 0.2) is 5.76 Å². The largest absolute Gasteiger partial charge is 0.454 e. The molecule has 0 amide bonds. The zero-order valence-electron chi connectivity index (χ0n) is 14.4. The number of nitriles is 1. The highest BCUT2D eigenvalue weighted by molar-refractivity contribution is 7.11. The highest BCUT2D eigenvalue weighted by Crippen LogP contribution is 2.35. The maximum Gasteiger partial charge on any atom is 0.154 e. The van der Waals surface area contributed by atoms with Crippen molar-refractivity contribution >= 4 is 46.2 Å². The standard InChI is InChI=1S/C22H12Cl2N2OS/c23-16-6-7-18(24)17(11-16)20-8-9-21(27-20)19-13-28-22(26-19)15(12-25)10-14-4-2-1-3-5-14/h1-11,13H/b15-10-. The molecule has 136 valence electrons. The minimum absolute atomic E-state index is 0.507. The van der Waals surface area contributed by atoms with Crippen LogP contribution in [0.1, 0.15) is 10.6 Å². The van der Waals surface area contributed by atoms with Gasteiger partial charge in [-0.3, -0.25) is 0 Å². The lowest BCUT2D eigenvalue weighted by Crippen LogP contribution is -1.82. The molecule has 2 aromatic heterocycles. The van der Waals surface area contributed by atoms with Crippen molar-refractivity contribution in [1.29, 1.82) is 5.26 Å². The lowest BCUT2D eigenvalue weighted by molar-refractivity contribution is 0.595. The van der Waals surface area contributed by atoms with Crippen molar-refractivity contribution in [3.05, 3.63) is 86.7 Å².